The zero-order valence-electron chi connectivity index (χ0n) is 45.6. The average molecular weight is 705 g/mol. The highest BCUT2D eigenvalue weighted by atomic mass is 16.5. The first-order valence-corrected chi connectivity index (χ1v) is 16.1. The molecule has 0 saturated carbocycles. The highest BCUT2D eigenvalue weighted by molar-refractivity contribution is 6.12. The van der Waals surface area contributed by atoms with Crippen molar-refractivity contribution >= 4 is 43.9 Å². The van der Waals surface area contributed by atoms with Crippen LogP contribution in [0.1, 0.15) is 24.7 Å². The summed E-state index contributed by atoms with van der Waals surface area (Å²) in [5.74, 6) is -0.0363. The Hall–Kier alpha value is -7.04. The van der Waals surface area contributed by atoms with E-state index in [1.807, 2.05) is 30.3 Å². The van der Waals surface area contributed by atoms with Gasteiger partial charge in [0.1, 0.15) is 33.8 Å². The second kappa shape index (κ2) is 13.6. The summed E-state index contributed by atoms with van der Waals surface area (Å²) < 4.78 is 167. The molecule has 8 aromatic carbocycles. The molecular formula is C49H34O4. The van der Waals surface area contributed by atoms with E-state index in [-0.39, 0.29) is 44.9 Å². The van der Waals surface area contributed by atoms with E-state index >= 15 is 0 Å². The number of rotatable bonds is 5. The van der Waals surface area contributed by atoms with Crippen LogP contribution in [0.15, 0.2) is 190 Å². The Kier molecular flexibility index (Phi) is 4.60. The summed E-state index contributed by atoms with van der Waals surface area (Å²) in [5.41, 5.74) is -0.106. The van der Waals surface area contributed by atoms with Gasteiger partial charge in [0.2, 0.25) is 0 Å². The lowest BCUT2D eigenvalue weighted by Crippen LogP contribution is -1.89. The summed E-state index contributed by atoms with van der Waals surface area (Å²) >= 11 is 0. The predicted octanol–water partition coefficient (Wildman–Crippen LogP) is 13.6. The van der Waals surface area contributed by atoms with Gasteiger partial charge in [-0.3, -0.25) is 0 Å². The van der Waals surface area contributed by atoms with Crippen molar-refractivity contribution in [2.75, 3.05) is 7.11 Å². The molecule has 10 aromatic rings. The van der Waals surface area contributed by atoms with Crippen LogP contribution in [-0.2, 0) is 0 Å². The van der Waals surface area contributed by atoms with Gasteiger partial charge in [0.15, 0.2) is 0 Å². The SMILES string of the molecule is [2H]c1c([2H])c([2H])c(-c2c([2H])c([2H])c(-c3c(O)ccc4c3oc3ccccc34)c([2H])c2[2H])c([2H])c1[2H].[2H]c1c([2H])c([2H])c(-c2c([2H])c([2H])c(-c3c(OC)ccc4c3oc3ccccc34)c([2H])c2[2H])c([2H])c1[2H]. The van der Waals surface area contributed by atoms with Gasteiger partial charge >= 0.3 is 0 Å². The minimum Gasteiger partial charge on any atom is -0.507 e. The van der Waals surface area contributed by atoms with Gasteiger partial charge in [-0.1, -0.05) is 145 Å². The van der Waals surface area contributed by atoms with Crippen LogP contribution in [-0.4, -0.2) is 12.2 Å². The molecule has 0 aliphatic heterocycles. The van der Waals surface area contributed by atoms with Crippen molar-refractivity contribution in [2.45, 2.75) is 0 Å². The van der Waals surface area contributed by atoms with Gasteiger partial charge in [0.05, 0.1) is 42.9 Å². The first kappa shape index (κ1) is 17.9. The summed E-state index contributed by atoms with van der Waals surface area (Å²) in [5, 5.41) is 13.6. The Bertz CT molecular complexity index is 3820. The number of hydrogen-bond acceptors (Lipinski definition) is 4. The van der Waals surface area contributed by atoms with E-state index in [0.29, 0.717) is 27.5 Å². The lowest BCUT2D eigenvalue weighted by Gasteiger charge is -2.10. The molecule has 0 atom stereocenters. The fourth-order valence-corrected chi connectivity index (χ4v) is 6.07. The van der Waals surface area contributed by atoms with E-state index in [4.69, 9.17) is 38.2 Å². The third-order valence-electron chi connectivity index (χ3n) is 8.50. The molecule has 4 nitrogen and oxygen atoms in total. The van der Waals surface area contributed by atoms with Crippen LogP contribution in [0.5, 0.6) is 11.5 Å². The van der Waals surface area contributed by atoms with Crippen molar-refractivity contribution in [3.05, 3.63) is 182 Å². The lowest BCUT2D eigenvalue weighted by molar-refractivity contribution is 0.416. The Balaban J connectivity index is 0.000000176. The fourth-order valence-electron chi connectivity index (χ4n) is 6.07. The third kappa shape index (κ3) is 5.86. The lowest BCUT2D eigenvalue weighted by atomic mass is 9.98. The van der Waals surface area contributed by atoms with E-state index in [1.165, 1.54) is 13.2 Å². The van der Waals surface area contributed by atoms with Crippen LogP contribution in [0.25, 0.3) is 88.4 Å². The average Bonchev–Trinajstić information content (AvgIpc) is 3.94. The monoisotopic (exact) mass is 704 g/mol. The number of hydrogen-bond donors (Lipinski definition) is 1. The number of methoxy groups -OCH3 is 1. The summed E-state index contributed by atoms with van der Waals surface area (Å²) in [7, 11) is 1.42. The molecule has 0 unspecified atom stereocenters. The van der Waals surface area contributed by atoms with Crippen LogP contribution in [0.2, 0.25) is 0 Å². The molecule has 2 heterocycles. The molecule has 4 heteroatoms. The molecule has 0 fully saturated rings. The van der Waals surface area contributed by atoms with E-state index in [0.717, 1.165) is 10.8 Å². The molecule has 2 aromatic heterocycles. The van der Waals surface area contributed by atoms with Crippen molar-refractivity contribution < 1.29 is 43.4 Å². The molecule has 0 amide bonds. The van der Waals surface area contributed by atoms with Crippen LogP contribution in [0.3, 0.4) is 0 Å². The quantitative estimate of drug-likeness (QED) is 0.194. The summed E-state index contributed by atoms with van der Waals surface area (Å²) in [6, 6.07) is 10.4. The highest BCUT2D eigenvalue weighted by Gasteiger charge is 2.18. The molecule has 1 N–H and O–H groups in total. The maximum atomic E-state index is 10.7. The number of ether oxygens (including phenoxy) is 1. The molecule has 0 radical (unpaired) electrons. The number of furan rings is 2. The standard InChI is InChI=1S/C25H18O2.C24H16O2/c1-26-23-16-15-21-20-9-5-6-10-22(20)27-25(21)24(23)19-13-11-18(12-14-19)17-7-3-2-4-8-17;25-21-15-14-20-19-8-4-5-9-22(19)26-24(20)23(21)18-12-10-17(11-13-18)16-6-2-1-3-7-16/h2-16H,1H3;1-15,25H/i2D,3D,4D,7D,8D,11D,12D,13D,14D;1D,2D,3D,6D,7D,10D,11D,12D,13D. The first-order chi connectivity index (χ1) is 33.7. The second-order valence-corrected chi connectivity index (χ2v) is 11.6. The maximum Gasteiger partial charge on any atom is 0.146 e. The molecular weight excluding hydrogens is 653 g/mol. The van der Waals surface area contributed by atoms with Gasteiger partial charge < -0.3 is 18.7 Å². The third-order valence-corrected chi connectivity index (χ3v) is 8.50. The topological polar surface area (TPSA) is 55.7 Å². The smallest absolute Gasteiger partial charge is 0.146 e. The fraction of sp³-hybridized carbons (Fsp3) is 0.0204. The number of fused-ring (bicyclic) bond motifs is 6. The Morgan fingerprint density at radius 3 is 1.36 bits per heavy atom. The minimum absolute atomic E-state index is 0.0247. The van der Waals surface area contributed by atoms with E-state index in [9.17, 15) is 5.11 Å². The van der Waals surface area contributed by atoms with E-state index in [1.54, 1.807) is 36.4 Å². The van der Waals surface area contributed by atoms with E-state index in [2.05, 4.69) is 0 Å². The molecule has 53 heavy (non-hydrogen) atoms. The molecule has 10 rings (SSSR count). The number of benzene rings is 8. The van der Waals surface area contributed by atoms with Crippen LogP contribution in [0, 0.1) is 0 Å². The van der Waals surface area contributed by atoms with Crippen molar-refractivity contribution in [3.63, 3.8) is 0 Å². The summed E-state index contributed by atoms with van der Waals surface area (Å²) in [4.78, 5) is 0. The van der Waals surface area contributed by atoms with Crippen LogP contribution >= 0.6 is 0 Å². The molecule has 254 valence electrons. The first-order valence-electron chi connectivity index (χ1n) is 25.1. The predicted molar refractivity (Wildman–Crippen MR) is 217 cm³/mol. The number of phenols is 1. The summed E-state index contributed by atoms with van der Waals surface area (Å²) in [6.07, 6.45) is 0. The van der Waals surface area contributed by atoms with Gasteiger partial charge in [-0.05, 0) is 69.8 Å². The molecule has 0 aliphatic rings. The Morgan fingerprint density at radius 1 is 0.434 bits per heavy atom. The van der Waals surface area contributed by atoms with Gasteiger partial charge in [0, 0.05) is 21.5 Å². The van der Waals surface area contributed by atoms with Crippen LogP contribution < -0.4 is 4.74 Å². The largest absolute Gasteiger partial charge is 0.507 e. The molecule has 0 spiro atoms. The van der Waals surface area contributed by atoms with Gasteiger partial charge in [-0.2, -0.15) is 0 Å². The van der Waals surface area contributed by atoms with Gasteiger partial charge in [-0.15, -0.1) is 0 Å². The normalized spacial score (nSPS) is 15.9. The Labute approximate surface area is 332 Å². The zero-order chi connectivity index (χ0) is 51.4. The molecule has 0 aliphatic carbocycles. The van der Waals surface area contributed by atoms with Crippen molar-refractivity contribution in [1.82, 2.24) is 0 Å². The minimum atomic E-state index is -0.647. The van der Waals surface area contributed by atoms with Gasteiger partial charge in [0.25, 0.3) is 0 Å². The zero-order valence-corrected chi connectivity index (χ0v) is 27.6. The van der Waals surface area contributed by atoms with Crippen molar-refractivity contribution in [2.24, 2.45) is 0 Å². The van der Waals surface area contributed by atoms with E-state index < -0.39 is 125 Å². The van der Waals surface area contributed by atoms with Crippen LogP contribution in [0.4, 0.5) is 0 Å². The summed E-state index contributed by atoms with van der Waals surface area (Å²) in [6.45, 7) is 0. The van der Waals surface area contributed by atoms with Crippen molar-refractivity contribution in [1.29, 1.82) is 0 Å². The number of aromatic hydroxyl groups is 1. The van der Waals surface area contributed by atoms with Crippen molar-refractivity contribution in [3.8, 4) is 56.0 Å². The molecule has 0 bridgehead atoms. The maximum absolute atomic E-state index is 10.7. The highest BCUT2D eigenvalue weighted by Crippen LogP contribution is 2.43. The second-order valence-electron chi connectivity index (χ2n) is 11.6. The molecule has 0 saturated heterocycles. The Morgan fingerprint density at radius 2 is 0.849 bits per heavy atom. The van der Waals surface area contributed by atoms with Gasteiger partial charge in [-0.25, -0.2) is 0 Å². The number of para-hydroxylation sites is 2. The number of phenolic OH excluding ortho intramolecular Hbond substituents is 1.